The Bertz CT molecular complexity index is 360. The number of halogens is 1. The van der Waals surface area contributed by atoms with Gasteiger partial charge in [-0.2, -0.15) is 8.42 Å². The molecule has 1 aliphatic rings. The number of likely N-dealkylation sites (tertiary alicyclic amines) is 1. The zero-order valence-corrected chi connectivity index (χ0v) is 10.4. The van der Waals surface area contributed by atoms with Crippen LogP contribution in [0, 0.1) is 5.92 Å². The fourth-order valence-electron chi connectivity index (χ4n) is 1.90. The molecule has 1 rings (SSSR count). The third-order valence-corrected chi connectivity index (χ3v) is 3.48. The maximum Gasteiger partial charge on any atom is 0.302 e. The van der Waals surface area contributed by atoms with Gasteiger partial charge in [0.25, 0.3) is 0 Å². The van der Waals surface area contributed by atoms with E-state index in [0.29, 0.717) is 32.7 Å². The normalized spacial score (nSPS) is 21.2. The fourth-order valence-corrected chi connectivity index (χ4v) is 2.69. The zero-order chi connectivity index (χ0) is 12.9. The molecule has 0 aliphatic carbocycles. The Morgan fingerprint density at radius 1 is 1.47 bits per heavy atom. The summed E-state index contributed by atoms with van der Waals surface area (Å²) in [6.45, 7) is 2.62. The smallest absolute Gasteiger partial charge is 0.302 e. The molecule has 0 radical (unpaired) electrons. The van der Waals surface area contributed by atoms with Crippen molar-refractivity contribution in [2.75, 3.05) is 38.5 Å². The molecule has 0 spiro atoms. The number of rotatable bonds is 7. The molecule has 0 aromatic heterocycles. The lowest BCUT2D eigenvalue weighted by Crippen LogP contribution is -2.35. The Morgan fingerprint density at radius 3 is 2.76 bits per heavy atom. The van der Waals surface area contributed by atoms with Crippen LogP contribution in [0.4, 0.5) is 3.89 Å². The largest absolute Gasteiger partial charge is 0.341 e. The Morgan fingerprint density at radius 2 is 2.18 bits per heavy atom. The minimum atomic E-state index is -4.49. The van der Waals surface area contributed by atoms with Crippen molar-refractivity contribution in [2.24, 2.45) is 11.7 Å². The van der Waals surface area contributed by atoms with Crippen molar-refractivity contribution >= 4 is 16.1 Å². The van der Waals surface area contributed by atoms with Gasteiger partial charge in [0.2, 0.25) is 5.91 Å². The molecule has 1 unspecified atom stereocenters. The maximum absolute atomic E-state index is 12.5. The minimum absolute atomic E-state index is 0.111. The summed E-state index contributed by atoms with van der Waals surface area (Å²) >= 11 is 0. The molecule has 1 saturated heterocycles. The standard InChI is InChI=1S/C9H18FN3O3S/c10-17(15,16)7-8-5-9(14)13(6-8)4-3-12-2-1-11/h8,12H,1-7,11H2. The molecule has 0 saturated carbocycles. The van der Waals surface area contributed by atoms with Crippen LogP contribution in [-0.2, 0) is 15.0 Å². The van der Waals surface area contributed by atoms with Crippen molar-refractivity contribution in [2.45, 2.75) is 6.42 Å². The molecular weight excluding hydrogens is 249 g/mol. The van der Waals surface area contributed by atoms with Gasteiger partial charge in [0.1, 0.15) is 0 Å². The second-order valence-corrected chi connectivity index (χ2v) is 5.57. The van der Waals surface area contributed by atoms with Gasteiger partial charge in [-0.05, 0) is 0 Å². The van der Waals surface area contributed by atoms with E-state index in [9.17, 15) is 17.1 Å². The van der Waals surface area contributed by atoms with Crippen LogP contribution in [0.3, 0.4) is 0 Å². The first-order valence-electron chi connectivity index (χ1n) is 5.53. The van der Waals surface area contributed by atoms with Crippen LogP contribution in [0.25, 0.3) is 0 Å². The molecule has 3 N–H and O–H groups in total. The third kappa shape index (κ3) is 5.42. The average Bonchev–Trinajstić information content (AvgIpc) is 2.51. The second-order valence-electron chi connectivity index (χ2n) is 4.15. The van der Waals surface area contributed by atoms with Crippen LogP contribution in [0.15, 0.2) is 0 Å². The number of nitrogens with one attached hydrogen (secondary N) is 1. The van der Waals surface area contributed by atoms with E-state index >= 15 is 0 Å². The minimum Gasteiger partial charge on any atom is -0.341 e. The van der Waals surface area contributed by atoms with Crippen LogP contribution < -0.4 is 11.1 Å². The third-order valence-electron chi connectivity index (χ3n) is 2.61. The molecule has 1 fully saturated rings. The molecule has 8 heteroatoms. The highest BCUT2D eigenvalue weighted by molar-refractivity contribution is 7.86. The van der Waals surface area contributed by atoms with Gasteiger partial charge in [-0.25, -0.2) is 0 Å². The lowest BCUT2D eigenvalue weighted by Gasteiger charge is -2.16. The first kappa shape index (κ1) is 14.3. The SMILES string of the molecule is NCCNCCN1CC(CS(=O)(=O)F)CC1=O. The Hall–Kier alpha value is -0.730. The molecular formula is C9H18FN3O3S. The van der Waals surface area contributed by atoms with E-state index in [-0.39, 0.29) is 12.3 Å². The topological polar surface area (TPSA) is 92.5 Å². The molecule has 17 heavy (non-hydrogen) atoms. The molecule has 1 atom stereocenters. The van der Waals surface area contributed by atoms with Gasteiger partial charge >= 0.3 is 10.2 Å². The molecule has 1 aliphatic heterocycles. The summed E-state index contributed by atoms with van der Waals surface area (Å²) in [7, 11) is -4.49. The van der Waals surface area contributed by atoms with Crippen molar-refractivity contribution in [3.63, 3.8) is 0 Å². The predicted molar refractivity (Wildman–Crippen MR) is 61.5 cm³/mol. The molecule has 6 nitrogen and oxygen atoms in total. The van der Waals surface area contributed by atoms with E-state index in [0.717, 1.165) is 0 Å². The van der Waals surface area contributed by atoms with Gasteiger partial charge in [-0.1, -0.05) is 0 Å². The van der Waals surface area contributed by atoms with E-state index in [1.165, 1.54) is 0 Å². The van der Waals surface area contributed by atoms with Gasteiger partial charge in [-0.3, -0.25) is 4.79 Å². The monoisotopic (exact) mass is 267 g/mol. The predicted octanol–water partition coefficient (Wildman–Crippen LogP) is -1.32. The lowest BCUT2D eigenvalue weighted by molar-refractivity contribution is -0.127. The number of nitrogens with zero attached hydrogens (tertiary/aromatic N) is 1. The number of nitrogens with two attached hydrogens (primary N) is 1. The molecule has 1 heterocycles. The van der Waals surface area contributed by atoms with Gasteiger partial charge in [0.15, 0.2) is 0 Å². The molecule has 100 valence electrons. The van der Waals surface area contributed by atoms with Crippen molar-refractivity contribution < 1.29 is 17.1 Å². The zero-order valence-electron chi connectivity index (χ0n) is 9.56. The van der Waals surface area contributed by atoms with E-state index in [1.54, 1.807) is 4.90 Å². The summed E-state index contributed by atoms with van der Waals surface area (Å²) in [6.07, 6.45) is 0.111. The number of hydrogen-bond donors (Lipinski definition) is 2. The number of carbonyl (C=O) groups is 1. The number of carbonyl (C=O) groups excluding carboxylic acids is 1. The summed E-state index contributed by atoms with van der Waals surface area (Å²) < 4.78 is 33.4. The first-order chi connectivity index (χ1) is 7.92. The quantitative estimate of drug-likeness (QED) is 0.441. The molecule has 0 aromatic carbocycles. The van der Waals surface area contributed by atoms with Crippen LogP contribution in [-0.4, -0.2) is 57.7 Å². The number of amides is 1. The Labute approximate surface area is 101 Å². The second kappa shape index (κ2) is 6.27. The Balaban J connectivity index is 2.32. The van der Waals surface area contributed by atoms with Crippen molar-refractivity contribution in [3.8, 4) is 0 Å². The summed E-state index contributed by atoms with van der Waals surface area (Å²) in [6, 6.07) is 0. The van der Waals surface area contributed by atoms with Crippen molar-refractivity contribution in [1.29, 1.82) is 0 Å². The van der Waals surface area contributed by atoms with Crippen LogP contribution in [0.5, 0.6) is 0 Å². The highest BCUT2D eigenvalue weighted by Gasteiger charge is 2.32. The highest BCUT2D eigenvalue weighted by atomic mass is 32.3. The van der Waals surface area contributed by atoms with Crippen LogP contribution >= 0.6 is 0 Å². The highest BCUT2D eigenvalue weighted by Crippen LogP contribution is 2.19. The van der Waals surface area contributed by atoms with E-state index in [1.807, 2.05) is 0 Å². The van der Waals surface area contributed by atoms with Crippen LogP contribution in [0.2, 0.25) is 0 Å². The number of hydrogen-bond acceptors (Lipinski definition) is 5. The lowest BCUT2D eigenvalue weighted by atomic mass is 10.1. The van der Waals surface area contributed by atoms with Gasteiger partial charge in [0.05, 0.1) is 5.75 Å². The van der Waals surface area contributed by atoms with Gasteiger partial charge in [-0.15, -0.1) is 3.89 Å². The van der Waals surface area contributed by atoms with Gasteiger partial charge < -0.3 is 16.0 Å². The average molecular weight is 267 g/mol. The van der Waals surface area contributed by atoms with E-state index in [2.05, 4.69) is 5.32 Å². The van der Waals surface area contributed by atoms with Crippen molar-refractivity contribution in [3.05, 3.63) is 0 Å². The first-order valence-corrected chi connectivity index (χ1v) is 7.08. The summed E-state index contributed by atoms with van der Waals surface area (Å²) in [5.74, 6) is -1.11. The fraction of sp³-hybridized carbons (Fsp3) is 0.889. The van der Waals surface area contributed by atoms with Gasteiger partial charge in [0, 0.05) is 45.1 Å². The summed E-state index contributed by atoms with van der Waals surface area (Å²) in [5.41, 5.74) is 5.29. The molecule has 0 aromatic rings. The maximum atomic E-state index is 12.5. The van der Waals surface area contributed by atoms with Crippen molar-refractivity contribution in [1.82, 2.24) is 10.2 Å². The summed E-state index contributed by atoms with van der Waals surface area (Å²) in [5, 5.41) is 3.03. The summed E-state index contributed by atoms with van der Waals surface area (Å²) in [4.78, 5) is 13.0. The molecule has 0 bridgehead atoms. The molecule has 1 amide bonds. The Kier molecular flexibility index (Phi) is 5.29. The van der Waals surface area contributed by atoms with E-state index in [4.69, 9.17) is 5.73 Å². The van der Waals surface area contributed by atoms with Crippen LogP contribution in [0.1, 0.15) is 6.42 Å². The van der Waals surface area contributed by atoms with E-state index < -0.39 is 21.9 Å².